The van der Waals surface area contributed by atoms with E-state index in [1.807, 2.05) is 4.68 Å². The predicted molar refractivity (Wildman–Crippen MR) is 53.9 cm³/mol. The number of aromatic nitrogens is 4. The fourth-order valence-corrected chi connectivity index (χ4v) is 2.15. The summed E-state index contributed by atoms with van der Waals surface area (Å²) in [5, 5.41) is 11.5. The third-order valence-corrected chi connectivity index (χ3v) is 3.19. The Morgan fingerprint density at radius 3 is 2.86 bits per heavy atom. The molecule has 0 unspecified atom stereocenters. The molecule has 1 aliphatic carbocycles. The Labute approximate surface area is 88.6 Å². The topological polar surface area (TPSA) is 43.6 Å². The molecule has 0 bridgehead atoms. The molecular formula is C9H15ClN4. The van der Waals surface area contributed by atoms with Gasteiger partial charge in [0.1, 0.15) is 0 Å². The minimum absolute atomic E-state index is 0.398. The van der Waals surface area contributed by atoms with E-state index >= 15 is 0 Å². The molecule has 1 aliphatic rings. The van der Waals surface area contributed by atoms with Crippen LogP contribution >= 0.6 is 11.6 Å². The molecule has 4 nitrogen and oxygen atoms in total. The number of halogens is 1. The smallest absolute Gasteiger partial charge is 0.166 e. The summed E-state index contributed by atoms with van der Waals surface area (Å²) < 4.78 is 1.86. The van der Waals surface area contributed by atoms with Gasteiger partial charge in [-0.1, -0.05) is 13.3 Å². The third kappa shape index (κ3) is 1.90. The van der Waals surface area contributed by atoms with Gasteiger partial charge in [0.25, 0.3) is 0 Å². The van der Waals surface area contributed by atoms with E-state index in [1.54, 1.807) is 0 Å². The predicted octanol–water partition coefficient (Wildman–Crippen LogP) is 1.99. The van der Waals surface area contributed by atoms with Crippen LogP contribution in [0.15, 0.2) is 0 Å². The number of alkyl halides is 1. The van der Waals surface area contributed by atoms with Crippen molar-refractivity contribution < 1.29 is 0 Å². The molecule has 14 heavy (non-hydrogen) atoms. The van der Waals surface area contributed by atoms with Gasteiger partial charge in [0.05, 0.1) is 12.4 Å². The highest BCUT2D eigenvalue weighted by molar-refractivity contribution is 6.16. The highest BCUT2D eigenvalue weighted by atomic mass is 35.5. The van der Waals surface area contributed by atoms with Gasteiger partial charge in [0.2, 0.25) is 0 Å². The summed E-state index contributed by atoms with van der Waals surface area (Å²) in [7, 11) is 0. The highest BCUT2D eigenvalue weighted by Gasteiger charge is 2.42. The second kappa shape index (κ2) is 3.85. The zero-order valence-corrected chi connectivity index (χ0v) is 9.17. The van der Waals surface area contributed by atoms with Gasteiger partial charge in [0.15, 0.2) is 5.82 Å². The first-order chi connectivity index (χ1) is 6.79. The van der Waals surface area contributed by atoms with Crippen molar-refractivity contribution in [1.82, 2.24) is 20.2 Å². The summed E-state index contributed by atoms with van der Waals surface area (Å²) in [5.41, 5.74) is 0.477. The van der Waals surface area contributed by atoms with E-state index in [4.69, 9.17) is 11.6 Å². The number of hydrogen-bond donors (Lipinski definition) is 0. The molecular weight excluding hydrogens is 200 g/mol. The van der Waals surface area contributed by atoms with Crippen molar-refractivity contribution in [3.8, 4) is 0 Å². The van der Waals surface area contributed by atoms with Gasteiger partial charge >= 0.3 is 0 Å². The van der Waals surface area contributed by atoms with Crippen LogP contribution in [0.1, 0.15) is 38.4 Å². The van der Waals surface area contributed by atoms with Crippen molar-refractivity contribution in [2.45, 2.75) is 45.0 Å². The van der Waals surface area contributed by atoms with Gasteiger partial charge in [-0.15, -0.1) is 16.7 Å². The molecule has 1 fully saturated rings. The molecule has 1 heterocycles. The first-order valence-electron chi connectivity index (χ1n) is 5.11. The molecule has 1 aromatic heterocycles. The van der Waals surface area contributed by atoms with E-state index in [0.29, 0.717) is 11.3 Å². The fraction of sp³-hybridized carbons (Fsp3) is 0.889. The lowest BCUT2D eigenvalue weighted by Crippen LogP contribution is -2.15. The van der Waals surface area contributed by atoms with E-state index in [9.17, 15) is 0 Å². The maximum atomic E-state index is 5.74. The highest BCUT2D eigenvalue weighted by Crippen LogP contribution is 2.50. The largest absolute Gasteiger partial charge is 0.228 e. The molecule has 0 atom stereocenters. The van der Waals surface area contributed by atoms with Crippen LogP contribution in [0.2, 0.25) is 0 Å². The summed E-state index contributed by atoms with van der Waals surface area (Å²) in [6, 6.07) is 0. The van der Waals surface area contributed by atoms with Crippen LogP contribution in [0.25, 0.3) is 0 Å². The van der Waals surface area contributed by atoms with E-state index in [0.717, 1.165) is 12.4 Å². The molecule has 0 saturated heterocycles. The normalized spacial score (nSPS) is 18.4. The average Bonchev–Trinajstić information content (AvgIpc) is 2.79. The van der Waals surface area contributed by atoms with Gasteiger partial charge in [-0.25, -0.2) is 4.68 Å². The van der Waals surface area contributed by atoms with Crippen molar-refractivity contribution in [3.63, 3.8) is 0 Å². The Hall–Kier alpha value is -0.640. The summed E-state index contributed by atoms with van der Waals surface area (Å²) in [4.78, 5) is 0. The molecule has 0 amide bonds. The molecule has 5 heteroatoms. The molecule has 1 saturated carbocycles. The third-order valence-electron chi connectivity index (χ3n) is 2.95. The maximum absolute atomic E-state index is 5.74. The molecule has 2 rings (SSSR count). The van der Waals surface area contributed by atoms with Crippen LogP contribution in [0.5, 0.6) is 0 Å². The Morgan fingerprint density at radius 2 is 2.29 bits per heavy atom. The maximum Gasteiger partial charge on any atom is 0.166 e. The van der Waals surface area contributed by atoms with Crippen LogP contribution < -0.4 is 0 Å². The van der Waals surface area contributed by atoms with Gasteiger partial charge < -0.3 is 0 Å². The minimum atomic E-state index is 0.398. The van der Waals surface area contributed by atoms with Crippen molar-refractivity contribution in [1.29, 1.82) is 0 Å². The summed E-state index contributed by atoms with van der Waals surface area (Å²) in [6.45, 7) is 3.16. The first kappa shape index (κ1) is 9.90. The van der Waals surface area contributed by atoms with Gasteiger partial charge in [-0.05, 0) is 35.1 Å². The van der Waals surface area contributed by atoms with Crippen LogP contribution in [0, 0.1) is 5.41 Å². The standard InChI is InChI=1S/C9H15ClN4/c1-2-3-9(4-5-9)7-14-8(6-10)11-12-13-14/h2-7H2,1H3. The van der Waals surface area contributed by atoms with Crippen molar-refractivity contribution >= 4 is 11.6 Å². The van der Waals surface area contributed by atoms with Crippen LogP contribution in [-0.2, 0) is 12.4 Å². The van der Waals surface area contributed by atoms with Crippen LogP contribution in [-0.4, -0.2) is 20.2 Å². The number of rotatable bonds is 5. The molecule has 0 N–H and O–H groups in total. The summed E-state index contributed by atoms with van der Waals surface area (Å²) >= 11 is 5.74. The van der Waals surface area contributed by atoms with Crippen LogP contribution in [0.3, 0.4) is 0 Å². The first-order valence-corrected chi connectivity index (χ1v) is 5.64. The lowest BCUT2D eigenvalue weighted by atomic mass is 10.0. The number of nitrogens with zero attached hydrogens (tertiary/aromatic N) is 4. The SMILES string of the molecule is CCCC1(Cn2nnnc2CCl)CC1. The lowest BCUT2D eigenvalue weighted by Gasteiger charge is -2.13. The Morgan fingerprint density at radius 1 is 1.50 bits per heavy atom. The number of hydrogen-bond acceptors (Lipinski definition) is 3. The fourth-order valence-electron chi connectivity index (χ4n) is 1.95. The Balaban J connectivity index is 2.03. The molecule has 0 spiro atoms. The minimum Gasteiger partial charge on any atom is -0.228 e. The summed E-state index contributed by atoms with van der Waals surface area (Å²) in [5.74, 6) is 1.18. The lowest BCUT2D eigenvalue weighted by molar-refractivity contribution is 0.358. The second-order valence-corrected chi connectivity index (χ2v) is 4.40. The molecule has 0 radical (unpaired) electrons. The van der Waals surface area contributed by atoms with Crippen molar-refractivity contribution in [3.05, 3.63) is 5.82 Å². The zero-order chi connectivity index (χ0) is 10.0. The average molecular weight is 215 g/mol. The molecule has 0 aromatic carbocycles. The molecule has 1 aromatic rings. The van der Waals surface area contributed by atoms with E-state index in [-0.39, 0.29) is 0 Å². The Bertz CT molecular complexity index is 306. The van der Waals surface area contributed by atoms with E-state index < -0.39 is 0 Å². The van der Waals surface area contributed by atoms with Gasteiger partial charge in [-0.3, -0.25) is 0 Å². The second-order valence-electron chi connectivity index (χ2n) is 4.14. The quantitative estimate of drug-likeness (QED) is 0.705. The molecule has 78 valence electrons. The number of tetrazole rings is 1. The van der Waals surface area contributed by atoms with E-state index in [1.165, 1.54) is 25.7 Å². The van der Waals surface area contributed by atoms with Gasteiger partial charge in [0, 0.05) is 0 Å². The van der Waals surface area contributed by atoms with Gasteiger partial charge in [-0.2, -0.15) is 0 Å². The Kier molecular flexibility index (Phi) is 2.72. The van der Waals surface area contributed by atoms with Crippen LogP contribution in [0.4, 0.5) is 0 Å². The van der Waals surface area contributed by atoms with Crippen molar-refractivity contribution in [2.24, 2.45) is 5.41 Å². The zero-order valence-electron chi connectivity index (χ0n) is 8.41. The molecule has 0 aliphatic heterocycles. The monoisotopic (exact) mass is 214 g/mol. The van der Waals surface area contributed by atoms with E-state index in [2.05, 4.69) is 22.4 Å². The van der Waals surface area contributed by atoms with Crippen molar-refractivity contribution in [2.75, 3.05) is 0 Å². The summed E-state index contributed by atoms with van der Waals surface area (Å²) in [6.07, 6.45) is 5.12.